The first-order valence-electron chi connectivity index (χ1n) is 8.22. The number of nitrogens with one attached hydrogen (secondary N) is 2. The zero-order valence-corrected chi connectivity index (χ0v) is 14.4. The van der Waals surface area contributed by atoms with E-state index < -0.39 is 0 Å². The summed E-state index contributed by atoms with van der Waals surface area (Å²) in [7, 11) is 0. The Morgan fingerprint density at radius 3 is 2.08 bits per heavy atom. The molecule has 3 aromatic rings. The van der Waals surface area contributed by atoms with E-state index in [2.05, 4.69) is 45.7 Å². The number of aromatic nitrogens is 2. The molecule has 5 heteroatoms. The first kappa shape index (κ1) is 16.9. The minimum atomic E-state index is -0.232. The number of nitrogens with zero attached hydrogens (tertiary/aromatic N) is 2. The highest BCUT2D eigenvalue weighted by molar-refractivity contribution is 5.48. The van der Waals surface area contributed by atoms with Crippen molar-refractivity contribution in [3.05, 3.63) is 82.9 Å². The van der Waals surface area contributed by atoms with Crippen LogP contribution >= 0.6 is 0 Å². The summed E-state index contributed by atoms with van der Waals surface area (Å²) in [6.07, 6.45) is 0. The van der Waals surface area contributed by atoms with Crippen molar-refractivity contribution in [2.24, 2.45) is 0 Å². The highest BCUT2D eigenvalue weighted by Crippen LogP contribution is 2.14. The lowest BCUT2D eigenvalue weighted by atomic mass is 10.1. The molecule has 0 aliphatic rings. The summed E-state index contributed by atoms with van der Waals surface area (Å²) in [5.41, 5.74) is 3.43. The van der Waals surface area contributed by atoms with Crippen LogP contribution in [0.5, 0.6) is 0 Å². The van der Waals surface area contributed by atoms with Gasteiger partial charge in [0.1, 0.15) is 23.3 Å². The largest absolute Gasteiger partial charge is 0.366 e. The van der Waals surface area contributed by atoms with Crippen LogP contribution in [0.4, 0.5) is 16.0 Å². The molecule has 0 radical (unpaired) electrons. The fraction of sp³-hybridized carbons (Fsp3) is 0.200. The molecular formula is C20H21FN4. The number of hydrogen-bond donors (Lipinski definition) is 2. The average molecular weight is 336 g/mol. The van der Waals surface area contributed by atoms with Crippen LogP contribution in [-0.2, 0) is 13.1 Å². The number of rotatable bonds is 6. The summed E-state index contributed by atoms with van der Waals surface area (Å²) in [5, 5.41) is 6.59. The zero-order chi connectivity index (χ0) is 17.6. The van der Waals surface area contributed by atoms with Crippen LogP contribution < -0.4 is 10.6 Å². The Labute approximate surface area is 147 Å². The van der Waals surface area contributed by atoms with Crippen molar-refractivity contribution in [2.45, 2.75) is 26.9 Å². The maximum Gasteiger partial charge on any atom is 0.132 e. The maximum absolute atomic E-state index is 13.0. The fourth-order valence-corrected chi connectivity index (χ4v) is 2.56. The molecular weight excluding hydrogens is 315 g/mol. The smallest absolute Gasteiger partial charge is 0.132 e. The third kappa shape index (κ3) is 5.01. The normalized spacial score (nSPS) is 10.5. The van der Waals surface area contributed by atoms with Gasteiger partial charge in [-0.3, -0.25) is 0 Å². The molecule has 0 unspecified atom stereocenters. The molecule has 25 heavy (non-hydrogen) atoms. The molecule has 0 bridgehead atoms. The summed E-state index contributed by atoms with van der Waals surface area (Å²) in [5.74, 6) is 1.97. The van der Waals surface area contributed by atoms with E-state index in [-0.39, 0.29) is 5.82 Å². The van der Waals surface area contributed by atoms with Gasteiger partial charge in [-0.15, -0.1) is 0 Å². The second kappa shape index (κ2) is 7.75. The Morgan fingerprint density at radius 1 is 0.800 bits per heavy atom. The van der Waals surface area contributed by atoms with Gasteiger partial charge in [-0.25, -0.2) is 14.4 Å². The van der Waals surface area contributed by atoms with Crippen molar-refractivity contribution >= 4 is 11.6 Å². The van der Waals surface area contributed by atoms with E-state index in [1.165, 1.54) is 23.3 Å². The summed E-state index contributed by atoms with van der Waals surface area (Å²) < 4.78 is 13.0. The molecule has 4 nitrogen and oxygen atoms in total. The first-order chi connectivity index (χ1) is 12.1. The topological polar surface area (TPSA) is 49.8 Å². The highest BCUT2D eigenvalue weighted by atomic mass is 19.1. The Morgan fingerprint density at radius 2 is 1.44 bits per heavy atom. The molecule has 0 spiro atoms. The van der Waals surface area contributed by atoms with Gasteiger partial charge in [0.15, 0.2) is 0 Å². The molecule has 0 amide bonds. The van der Waals surface area contributed by atoms with E-state index in [0.29, 0.717) is 18.9 Å². The van der Waals surface area contributed by atoms with Crippen molar-refractivity contribution in [3.8, 4) is 0 Å². The van der Waals surface area contributed by atoms with Gasteiger partial charge in [0.05, 0.1) is 0 Å². The van der Waals surface area contributed by atoms with E-state index in [4.69, 9.17) is 0 Å². The summed E-state index contributed by atoms with van der Waals surface area (Å²) in [4.78, 5) is 8.83. The summed E-state index contributed by atoms with van der Waals surface area (Å²) in [6.45, 7) is 5.22. The average Bonchev–Trinajstić information content (AvgIpc) is 2.59. The van der Waals surface area contributed by atoms with E-state index >= 15 is 0 Å². The van der Waals surface area contributed by atoms with Crippen molar-refractivity contribution in [1.29, 1.82) is 0 Å². The lowest BCUT2D eigenvalue weighted by Gasteiger charge is -2.11. The molecule has 0 fully saturated rings. The second-order valence-corrected chi connectivity index (χ2v) is 6.01. The van der Waals surface area contributed by atoms with Crippen molar-refractivity contribution < 1.29 is 4.39 Å². The van der Waals surface area contributed by atoms with Crippen LogP contribution in [0.15, 0.2) is 54.6 Å². The molecule has 1 heterocycles. The third-order valence-electron chi connectivity index (χ3n) is 3.78. The molecule has 0 saturated heterocycles. The monoisotopic (exact) mass is 336 g/mol. The van der Waals surface area contributed by atoms with Gasteiger partial charge in [-0.2, -0.15) is 0 Å². The van der Waals surface area contributed by atoms with Crippen LogP contribution in [0.25, 0.3) is 0 Å². The fourth-order valence-electron chi connectivity index (χ4n) is 2.56. The minimum Gasteiger partial charge on any atom is -0.366 e. The third-order valence-corrected chi connectivity index (χ3v) is 3.78. The standard InChI is InChI=1S/C20H21FN4/c1-14-4-3-5-17(10-14)13-23-20-11-19(24-15(2)25-20)22-12-16-6-8-18(21)9-7-16/h3-11H,12-13H2,1-2H3,(H2,22,23,24,25). The molecule has 3 rings (SSSR count). The van der Waals surface area contributed by atoms with Crippen molar-refractivity contribution in [2.75, 3.05) is 10.6 Å². The summed E-state index contributed by atoms with van der Waals surface area (Å²) in [6, 6.07) is 16.7. The summed E-state index contributed by atoms with van der Waals surface area (Å²) >= 11 is 0. The number of hydrogen-bond acceptors (Lipinski definition) is 4. The number of anilines is 2. The zero-order valence-electron chi connectivity index (χ0n) is 14.4. The van der Waals surface area contributed by atoms with Gasteiger partial charge in [0.2, 0.25) is 0 Å². The maximum atomic E-state index is 13.0. The van der Waals surface area contributed by atoms with Crippen molar-refractivity contribution in [3.63, 3.8) is 0 Å². The lowest BCUT2D eigenvalue weighted by Crippen LogP contribution is -2.07. The molecule has 0 atom stereocenters. The molecule has 0 saturated carbocycles. The van der Waals surface area contributed by atoms with Crippen molar-refractivity contribution in [1.82, 2.24) is 9.97 Å². The van der Waals surface area contributed by atoms with Crippen LogP contribution in [0.3, 0.4) is 0 Å². The second-order valence-electron chi connectivity index (χ2n) is 6.01. The predicted molar refractivity (Wildman–Crippen MR) is 99.0 cm³/mol. The van der Waals surface area contributed by atoms with Gasteiger partial charge in [0, 0.05) is 19.2 Å². The van der Waals surface area contributed by atoms with Gasteiger partial charge < -0.3 is 10.6 Å². The predicted octanol–water partition coefficient (Wildman–Crippen LogP) is 4.46. The highest BCUT2D eigenvalue weighted by Gasteiger charge is 2.03. The Balaban J connectivity index is 1.64. The Bertz CT molecular complexity index is 847. The van der Waals surface area contributed by atoms with Crippen LogP contribution in [0.2, 0.25) is 0 Å². The van der Waals surface area contributed by atoms with E-state index in [1.54, 1.807) is 12.1 Å². The van der Waals surface area contributed by atoms with Crippen LogP contribution in [-0.4, -0.2) is 9.97 Å². The van der Waals surface area contributed by atoms with Gasteiger partial charge in [0.25, 0.3) is 0 Å². The van der Waals surface area contributed by atoms with E-state index in [9.17, 15) is 4.39 Å². The number of halogens is 1. The Kier molecular flexibility index (Phi) is 5.23. The van der Waals surface area contributed by atoms with Crippen LogP contribution in [0, 0.1) is 19.7 Å². The molecule has 2 N–H and O–H groups in total. The van der Waals surface area contributed by atoms with Crippen LogP contribution in [0.1, 0.15) is 22.5 Å². The minimum absolute atomic E-state index is 0.232. The molecule has 2 aromatic carbocycles. The lowest BCUT2D eigenvalue weighted by molar-refractivity contribution is 0.627. The molecule has 1 aromatic heterocycles. The van der Waals surface area contributed by atoms with Gasteiger partial charge in [-0.1, -0.05) is 42.0 Å². The van der Waals surface area contributed by atoms with E-state index in [0.717, 1.165) is 17.2 Å². The van der Waals surface area contributed by atoms with E-state index in [1.807, 2.05) is 19.1 Å². The molecule has 0 aliphatic heterocycles. The number of aryl methyl sites for hydroxylation is 2. The van der Waals surface area contributed by atoms with Gasteiger partial charge >= 0.3 is 0 Å². The molecule has 128 valence electrons. The first-order valence-corrected chi connectivity index (χ1v) is 8.22. The van der Waals surface area contributed by atoms with Gasteiger partial charge in [-0.05, 0) is 37.1 Å². The quantitative estimate of drug-likeness (QED) is 0.698. The molecule has 0 aliphatic carbocycles. The number of benzene rings is 2. The Hall–Kier alpha value is -2.95. The SMILES string of the molecule is Cc1cccc(CNc2cc(NCc3ccc(F)cc3)nc(C)n2)c1.